The summed E-state index contributed by atoms with van der Waals surface area (Å²) in [6.45, 7) is 6.29. The van der Waals surface area contributed by atoms with Gasteiger partial charge < -0.3 is 9.88 Å². The van der Waals surface area contributed by atoms with Crippen LogP contribution in [0.2, 0.25) is 0 Å². The standard InChI is InChI=1S/C14H20N4/c1-12(2)11-18-9-8-17-14(18)16-7-5-13-4-3-6-15-10-13/h3-4,6,8-10,12H,5,7,11H2,1-2H3,(H,16,17). The number of rotatable bonds is 6. The molecule has 0 bridgehead atoms. The van der Waals surface area contributed by atoms with Crippen molar-refractivity contribution in [3.63, 3.8) is 0 Å². The lowest BCUT2D eigenvalue weighted by Gasteiger charge is -2.11. The van der Waals surface area contributed by atoms with E-state index in [1.54, 1.807) is 6.20 Å². The van der Waals surface area contributed by atoms with E-state index in [9.17, 15) is 0 Å². The molecule has 0 saturated carbocycles. The molecule has 4 nitrogen and oxygen atoms in total. The summed E-state index contributed by atoms with van der Waals surface area (Å²) in [4.78, 5) is 8.45. The van der Waals surface area contributed by atoms with Gasteiger partial charge >= 0.3 is 0 Å². The molecule has 0 atom stereocenters. The van der Waals surface area contributed by atoms with E-state index in [0.29, 0.717) is 5.92 Å². The Kier molecular flexibility index (Phi) is 4.34. The van der Waals surface area contributed by atoms with Gasteiger partial charge in [0.05, 0.1) is 0 Å². The molecule has 96 valence electrons. The maximum absolute atomic E-state index is 4.34. The summed E-state index contributed by atoms with van der Waals surface area (Å²) in [6, 6.07) is 4.06. The van der Waals surface area contributed by atoms with E-state index >= 15 is 0 Å². The molecule has 18 heavy (non-hydrogen) atoms. The van der Waals surface area contributed by atoms with E-state index in [1.807, 2.05) is 24.7 Å². The largest absolute Gasteiger partial charge is 0.355 e. The van der Waals surface area contributed by atoms with Crippen LogP contribution in [0.4, 0.5) is 5.95 Å². The van der Waals surface area contributed by atoms with Crippen molar-refractivity contribution in [3.05, 3.63) is 42.5 Å². The molecule has 0 unspecified atom stereocenters. The summed E-state index contributed by atoms with van der Waals surface area (Å²) in [5, 5.41) is 3.37. The van der Waals surface area contributed by atoms with E-state index in [2.05, 4.69) is 39.8 Å². The number of hydrogen-bond donors (Lipinski definition) is 1. The predicted octanol–water partition coefficient (Wildman–Crippen LogP) is 2.59. The maximum atomic E-state index is 4.34. The molecular weight excluding hydrogens is 224 g/mol. The first-order valence-electron chi connectivity index (χ1n) is 6.39. The highest BCUT2D eigenvalue weighted by atomic mass is 15.2. The first-order valence-corrected chi connectivity index (χ1v) is 6.39. The van der Waals surface area contributed by atoms with Crippen molar-refractivity contribution in [1.29, 1.82) is 0 Å². The molecule has 0 fully saturated rings. The summed E-state index contributed by atoms with van der Waals surface area (Å²) in [5.74, 6) is 1.57. The fourth-order valence-corrected chi connectivity index (χ4v) is 1.88. The third-order valence-electron chi connectivity index (χ3n) is 2.70. The molecule has 0 aliphatic rings. The number of anilines is 1. The zero-order valence-electron chi connectivity index (χ0n) is 11.0. The smallest absolute Gasteiger partial charge is 0.202 e. The van der Waals surface area contributed by atoms with Crippen molar-refractivity contribution >= 4 is 5.95 Å². The lowest BCUT2D eigenvalue weighted by Crippen LogP contribution is -2.12. The van der Waals surface area contributed by atoms with Gasteiger partial charge in [-0.15, -0.1) is 0 Å². The molecule has 0 aliphatic carbocycles. The van der Waals surface area contributed by atoms with Gasteiger partial charge in [-0.05, 0) is 24.0 Å². The Hall–Kier alpha value is -1.84. The van der Waals surface area contributed by atoms with Crippen LogP contribution in [-0.2, 0) is 13.0 Å². The highest BCUT2D eigenvalue weighted by molar-refractivity contribution is 5.26. The highest BCUT2D eigenvalue weighted by Crippen LogP contribution is 2.08. The van der Waals surface area contributed by atoms with E-state index in [1.165, 1.54) is 5.56 Å². The Morgan fingerprint density at radius 1 is 1.33 bits per heavy atom. The number of imidazole rings is 1. The highest BCUT2D eigenvalue weighted by Gasteiger charge is 2.03. The number of nitrogens with zero attached hydrogens (tertiary/aromatic N) is 3. The molecule has 2 heterocycles. The molecule has 2 aromatic heterocycles. The van der Waals surface area contributed by atoms with E-state index < -0.39 is 0 Å². The average Bonchev–Trinajstić information content (AvgIpc) is 2.77. The van der Waals surface area contributed by atoms with E-state index in [-0.39, 0.29) is 0 Å². The van der Waals surface area contributed by atoms with Gasteiger partial charge in [0.1, 0.15) is 0 Å². The average molecular weight is 244 g/mol. The first kappa shape index (κ1) is 12.6. The van der Waals surface area contributed by atoms with Crippen LogP contribution in [-0.4, -0.2) is 21.1 Å². The van der Waals surface area contributed by atoms with Gasteiger partial charge in [-0.25, -0.2) is 4.98 Å². The van der Waals surface area contributed by atoms with Crippen molar-refractivity contribution in [3.8, 4) is 0 Å². The van der Waals surface area contributed by atoms with Gasteiger partial charge in [-0.1, -0.05) is 19.9 Å². The Labute approximate surface area is 108 Å². The molecule has 4 heteroatoms. The van der Waals surface area contributed by atoms with Crippen LogP contribution < -0.4 is 5.32 Å². The third kappa shape index (κ3) is 3.58. The minimum atomic E-state index is 0.623. The van der Waals surface area contributed by atoms with Gasteiger partial charge in [-0.3, -0.25) is 4.98 Å². The molecule has 2 rings (SSSR count). The number of pyridine rings is 1. The van der Waals surface area contributed by atoms with Gasteiger partial charge in [0, 0.05) is 37.9 Å². The van der Waals surface area contributed by atoms with Crippen LogP contribution >= 0.6 is 0 Å². The van der Waals surface area contributed by atoms with Crippen LogP contribution in [0.1, 0.15) is 19.4 Å². The Bertz CT molecular complexity index is 462. The van der Waals surface area contributed by atoms with Crippen LogP contribution in [0.15, 0.2) is 36.9 Å². The van der Waals surface area contributed by atoms with Crippen LogP contribution in [0, 0.1) is 5.92 Å². The Morgan fingerprint density at radius 2 is 2.22 bits per heavy atom. The predicted molar refractivity (Wildman–Crippen MR) is 73.5 cm³/mol. The van der Waals surface area contributed by atoms with Crippen molar-refractivity contribution in [2.75, 3.05) is 11.9 Å². The van der Waals surface area contributed by atoms with Crippen LogP contribution in [0.25, 0.3) is 0 Å². The second-order valence-electron chi connectivity index (χ2n) is 4.84. The fraction of sp³-hybridized carbons (Fsp3) is 0.429. The number of nitrogens with one attached hydrogen (secondary N) is 1. The molecular formula is C14H20N4. The van der Waals surface area contributed by atoms with E-state index in [0.717, 1.165) is 25.5 Å². The SMILES string of the molecule is CC(C)Cn1ccnc1NCCc1cccnc1. The summed E-state index contributed by atoms with van der Waals surface area (Å²) in [7, 11) is 0. The number of aromatic nitrogens is 3. The van der Waals surface area contributed by atoms with Gasteiger partial charge in [0.2, 0.25) is 5.95 Å². The molecule has 2 aromatic rings. The fourth-order valence-electron chi connectivity index (χ4n) is 1.88. The topological polar surface area (TPSA) is 42.7 Å². The minimum Gasteiger partial charge on any atom is -0.355 e. The zero-order chi connectivity index (χ0) is 12.8. The zero-order valence-corrected chi connectivity index (χ0v) is 11.0. The summed E-state index contributed by atoms with van der Waals surface area (Å²) >= 11 is 0. The van der Waals surface area contributed by atoms with Crippen LogP contribution in [0.3, 0.4) is 0 Å². The van der Waals surface area contributed by atoms with Crippen molar-refractivity contribution in [2.45, 2.75) is 26.8 Å². The lowest BCUT2D eigenvalue weighted by atomic mass is 10.2. The third-order valence-corrected chi connectivity index (χ3v) is 2.70. The Balaban J connectivity index is 1.85. The minimum absolute atomic E-state index is 0.623. The molecule has 0 amide bonds. The lowest BCUT2D eigenvalue weighted by molar-refractivity contribution is 0.526. The normalized spacial score (nSPS) is 10.8. The molecule has 0 spiro atoms. The first-order chi connectivity index (χ1) is 8.75. The summed E-state index contributed by atoms with van der Waals surface area (Å²) in [6.07, 6.45) is 8.53. The monoisotopic (exact) mass is 244 g/mol. The number of hydrogen-bond acceptors (Lipinski definition) is 3. The Morgan fingerprint density at radius 3 is 2.94 bits per heavy atom. The van der Waals surface area contributed by atoms with Crippen molar-refractivity contribution < 1.29 is 0 Å². The van der Waals surface area contributed by atoms with Crippen LogP contribution in [0.5, 0.6) is 0 Å². The molecule has 0 saturated heterocycles. The second-order valence-corrected chi connectivity index (χ2v) is 4.84. The molecule has 0 aliphatic heterocycles. The quantitative estimate of drug-likeness (QED) is 0.849. The van der Waals surface area contributed by atoms with Gasteiger partial charge in [0.25, 0.3) is 0 Å². The second kappa shape index (κ2) is 6.19. The summed E-state index contributed by atoms with van der Waals surface area (Å²) in [5.41, 5.74) is 1.24. The summed E-state index contributed by atoms with van der Waals surface area (Å²) < 4.78 is 2.16. The van der Waals surface area contributed by atoms with E-state index in [4.69, 9.17) is 0 Å². The molecule has 0 radical (unpaired) electrons. The van der Waals surface area contributed by atoms with Crippen molar-refractivity contribution in [2.24, 2.45) is 5.92 Å². The van der Waals surface area contributed by atoms with Crippen molar-refractivity contribution in [1.82, 2.24) is 14.5 Å². The maximum Gasteiger partial charge on any atom is 0.202 e. The van der Waals surface area contributed by atoms with Gasteiger partial charge in [0.15, 0.2) is 0 Å². The molecule has 0 aromatic carbocycles. The van der Waals surface area contributed by atoms with Gasteiger partial charge in [-0.2, -0.15) is 0 Å². The molecule has 1 N–H and O–H groups in total.